The predicted molar refractivity (Wildman–Crippen MR) is 74.6 cm³/mol. The van der Waals surface area contributed by atoms with E-state index >= 15 is 0 Å². The first-order chi connectivity index (χ1) is 8.70. The van der Waals surface area contributed by atoms with Crippen molar-refractivity contribution in [3.63, 3.8) is 0 Å². The fraction of sp³-hybridized carbons (Fsp3) is 0.214. The molecule has 2 amide bonds. The summed E-state index contributed by atoms with van der Waals surface area (Å²) in [6, 6.07) is 13.5. The molecule has 0 fully saturated rings. The normalized spacial score (nSPS) is 12.1. The van der Waals surface area contributed by atoms with Gasteiger partial charge in [-0.25, -0.2) is 4.79 Å². The minimum absolute atomic E-state index is 0.0417. The Morgan fingerprint density at radius 2 is 1.94 bits per heavy atom. The largest absolute Gasteiger partial charge is 0.334 e. The zero-order valence-corrected chi connectivity index (χ0v) is 10.3. The molecular weight excluding hydrogens is 226 g/mol. The lowest BCUT2D eigenvalue weighted by atomic mass is 10.1. The molecule has 2 aromatic carbocycles. The van der Waals surface area contributed by atoms with Gasteiger partial charge in [-0.3, -0.25) is 0 Å². The molecule has 0 aliphatic heterocycles. The summed E-state index contributed by atoms with van der Waals surface area (Å²) in [6.07, 6.45) is 0. The van der Waals surface area contributed by atoms with Crippen molar-refractivity contribution < 1.29 is 4.79 Å². The number of fused-ring (bicyclic) bond motifs is 1. The summed E-state index contributed by atoms with van der Waals surface area (Å²) < 4.78 is 0. The summed E-state index contributed by atoms with van der Waals surface area (Å²) in [6.45, 7) is 2.28. The van der Waals surface area contributed by atoms with Crippen molar-refractivity contribution >= 4 is 22.5 Å². The molecule has 18 heavy (non-hydrogen) atoms. The maximum Gasteiger partial charge on any atom is 0.319 e. The Hall–Kier alpha value is -2.07. The highest BCUT2D eigenvalue weighted by molar-refractivity contribution is 6.01. The maximum absolute atomic E-state index is 11.7. The van der Waals surface area contributed by atoms with Crippen LogP contribution in [0.3, 0.4) is 0 Å². The molecule has 4 N–H and O–H groups in total. The van der Waals surface area contributed by atoms with Crippen LogP contribution in [0.15, 0.2) is 42.5 Å². The standard InChI is InChI=1S/C14H17N3O/c1-10(9-15)16-14(18)17-13-8-4-6-11-5-2-3-7-12(11)13/h2-8,10H,9,15H2,1H3,(H2,16,17,18). The summed E-state index contributed by atoms with van der Waals surface area (Å²) in [5.74, 6) is 0. The number of carbonyl (C=O) groups excluding carboxylic acids is 1. The lowest BCUT2D eigenvalue weighted by molar-refractivity contribution is 0.249. The molecule has 94 valence electrons. The van der Waals surface area contributed by atoms with Crippen LogP contribution in [0.1, 0.15) is 6.92 Å². The SMILES string of the molecule is CC(CN)NC(=O)Nc1cccc2ccccc12. The lowest BCUT2D eigenvalue weighted by Crippen LogP contribution is -2.40. The third kappa shape index (κ3) is 2.78. The first kappa shape index (κ1) is 12.4. The van der Waals surface area contributed by atoms with Crippen molar-refractivity contribution in [3.8, 4) is 0 Å². The molecule has 2 rings (SSSR count). The van der Waals surface area contributed by atoms with Crippen LogP contribution in [0.2, 0.25) is 0 Å². The highest BCUT2D eigenvalue weighted by Crippen LogP contribution is 2.22. The number of urea groups is 1. The van der Waals surface area contributed by atoms with Gasteiger partial charge in [-0.1, -0.05) is 36.4 Å². The van der Waals surface area contributed by atoms with Crippen LogP contribution in [-0.2, 0) is 0 Å². The number of amides is 2. The van der Waals surface area contributed by atoms with Crippen molar-refractivity contribution in [1.82, 2.24) is 5.32 Å². The van der Waals surface area contributed by atoms with E-state index in [-0.39, 0.29) is 12.1 Å². The van der Waals surface area contributed by atoms with Gasteiger partial charge in [-0.05, 0) is 18.4 Å². The van der Waals surface area contributed by atoms with Crippen molar-refractivity contribution in [1.29, 1.82) is 0 Å². The zero-order valence-electron chi connectivity index (χ0n) is 10.3. The third-order valence-electron chi connectivity index (χ3n) is 2.77. The fourth-order valence-electron chi connectivity index (χ4n) is 1.78. The molecule has 4 nitrogen and oxygen atoms in total. The molecule has 4 heteroatoms. The van der Waals surface area contributed by atoms with Gasteiger partial charge in [-0.2, -0.15) is 0 Å². The number of hydrogen-bond acceptors (Lipinski definition) is 2. The quantitative estimate of drug-likeness (QED) is 0.774. The molecule has 0 aliphatic rings. The van der Waals surface area contributed by atoms with Crippen molar-refractivity contribution in [2.75, 3.05) is 11.9 Å². The van der Waals surface area contributed by atoms with E-state index in [1.807, 2.05) is 49.4 Å². The molecule has 0 heterocycles. The van der Waals surface area contributed by atoms with Gasteiger partial charge in [0.1, 0.15) is 0 Å². The molecule has 0 bridgehead atoms. The smallest absolute Gasteiger partial charge is 0.319 e. The Morgan fingerprint density at radius 3 is 2.72 bits per heavy atom. The Kier molecular flexibility index (Phi) is 3.79. The van der Waals surface area contributed by atoms with Gasteiger partial charge >= 0.3 is 6.03 Å². The summed E-state index contributed by atoms with van der Waals surface area (Å²) in [5.41, 5.74) is 6.26. The summed E-state index contributed by atoms with van der Waals surface area (Å²) in [5, 5.41) is 7.74. The predicted octanol–water partition coefficient (Wildman–Crippen LogP) is 2.31. The molecule has 0 spiro atoms. The highest BCUT2D eigenvalue weighted by Gasteiger charge is 2.07. The Labute approximate surface area is 106 Å². The molecule has 0 saturated carbocycles. The van der Waals surface area contributed by atoms with Crippen LogP contribution in [0.5, 0.6) is 0 Å². The number of hydrogen-bond donors (Lipinski definition) is 3. The van der Waals surface area contributed by atoms with E-state index in [0.717, 1.165) is 16.5 Å². The monoisotopic (exact) mass is 243 g/mol. The van der Waals surface area contributed by atoms with E-state index in [4.69, 9.17) is 5.73 Å². The van der Waals surface area contributed by atoms with Gasteiger partial charge in [0.25, 0.3) is 0 Å². The second kappa shape index (κ2) is 5.51. The van der Waals surface area contributed by atoms with Gasteiger partial charge in [0.2, 0.25) is 0 Å². The van der Waals surface area contributed by atoms with Gasteiger partial charge in [0.05, 0.1) is 5.69 Å². The molecule has 0 aliphatic carbocycles. The van der Waals surface area contributed by atoms with Gasteiger partial charge < -0.3 is 16.4 Å². The van der Waals surface area contributed by atoms with Gasteiger partial charge in [0.15, 0.2) is 0 Å². The minimum atomic E-state index is -0.232. The van der Waals surface area contributed by atoms with Crippen LogP contribution in [0, 0.1) is 0 Å². The highest BCUT2D eigenvalue weighted by atomic mass is 16.2. The van der Waals surface area contributed by atoms with Crippen molar-refractivity contribution in [3.05, 3.63) is 42.5 Å². The average Bonchev–Trinajstić information content (AvgIpc) is 2.39. The number of nitrogens with two attached hydrogens (primary N) is 1. The summed E-state index contributed by atoms with van der Waals surface area (Å²) in [7, 11) is 0. The molecule has 2 aromatic rings. The molecule has 0 aromatic heterocycles. The van der Waals surface area contributed by atoms with E-state index < -0.39 is 0 Å². The maximum atomic E-state index is 11.7. The number of benzene rings is 2. The van der Waals surface area contributed by atoms with E-state index in [0.29, 0.717) is 6.54 Å². The van der Waals surface area contributed by atoms with E-state index in [9.17, 15) is 4.79 Å². The first-order valence-corrected chi connectivity index (χ1v) is 5.96. The average molecular weight is 243 g/mol. The van der Waals surface area contributed by atoms with E-state index in [2.05, 4.69) is 10.6 Å². The molecular formula is C14H17N3O. The third-order valence-corrected chi connectivity index (χ3v) is 2.77. The molecule has 1 unspecified atom stereocenters. The second-order valence-corrected chi connectivity index (χ2v) is 4.26. The van der Waals surface area contributed by atoms with Crippen LogP contribution in [0.25, 0.3) is 10.8 Å². The van der Waals surface area contributed by atoms with Crippen molar-refractivity contribution in [2.24, 2.45) is 5.73 Å². The van der Waals surface area contributed by atoms with Crippen LogP contribution in [0.4, 0.5) is 10.5 Å². The van der Waals surface area contributed by atoms with E-state index in [1.165, 1.54) is 0 Å². The van der Waals surface area contributed by atoms with Crippen LogP contribution < -0.4 is 16.4 Å². The van der Waals surface area contributed by atoms with Crippen LogP contribution >= 0.6 is 0 Å². The van der Waals surface area contributed by atoms with Gasteiger partial charge in [-0.15, -0.1) is 0 Å². The number of carbonyl (C=O) groups is 1. The fourth-order valence-corrected chi connectivity index (χ4v) is 1.78. The zero-order chi connectivity index (χ0) is 13.0. The molecule has 1 atom stereocenters. The summed E-state index contributed by atoms with van der Waals surface area (Å²) in [4.78, 5) is 11.7. The summed E-state index contributed by atoms with van der Waals surface area (Å²) >= 11 is 0. The molecule has 0 radical (unpaired) electrons. The minimum Gasteiger partial charge on any atom is -0.334 e. The number of nitrogens with one attached hydrogen (secondary N) is 2. The topological polar surface area (TPSA) is 67.1 Å². The Bertz CT molecular complexity index is 548. The Balaban J connectivity index is 2.19. The van der Waals surface area contributed by atoms with Crippen molar-refractivity contribution in [2.45, 2.75) is 13.0 Å². The van der Waals surface area contributed by atoms with E-state index in [1.54, 1.807) is 0 Å². The number of anilines is 1. The number of rotatable bonds is 3. The first-order valence-electron chi connectivity index (χ1n) is 5.96. The Morgan fingerprint density at radius 1 is 1.22 bits per heavy atom. The lowest BCUT2D eigenvalue weighted by Gasteiger charge is -2.13. The second-order valence-electron chi connectivity index (χ2n) is 4.26. The molecule has 0 saturated heterocycles. The van der Waals surface area contributed by atoms with Gasteiger partial charge in [0, 0.05) is 18.0 Å². The van der Waals surface area contributed by atoms with Crippen LogP contribution in [-0.4, -0.2) is 18.6 Å².